The topological polar surface area (TPSA) is 63.3 Å². The number of fused-ring (bicyclic) bond motifs is 1. The lowest BCUT2D eigenvalue weighted by Gasteiger charge is -2.12. The minimum atomic E-state index is -0.000925. The number of aromatic nitrogens is 1. The summed E-state index contributed by atoms with van der Waals surface area (Å²) in [6.07, 6.45) is 3.14. The normalized spacial score (nSPS) is 11.2. The standard InChI is InChI=1S/C21H26N4O/c1-24(2)13-14-25-12-11-17-7-9-18(15-20(17)25)23-21(26)10-8-16-5-3-4-6-19(16)22/h3-7,9,11-12,15H,8,10,13-14,22H2,1-2H3,(H,23,26). The van der Waals surface area contributed by atoms with E-state index in [0.29, 0.717) is 12.8 Å². The van der Waals surface area contributed by atoms with Gasteiger partial charge in [-0.1, -0.05) is 24.3 Å². The summed E-state index contributed by atoms with van der Waals surface area (Å²) in [7, 11) is 4.13. The number of nitrogen functional groups attached to an aromatic ring is 1. The summed E-state index contributed by atoms with van der Waals surface area (Å²) in [4.78, 5) is 14.5. The number of likely N-dealkylation sites (N-methyl/N-ethyl adjacent to an activating group) is 1. The molecule has 0 aliphatic carbocycles. The zero-order chi connectivity index (χ0) is 18.5. The first-order valence-corrected chi connectivity index (χ1v) is 8.90. The van der Waals surface area contributed by atoms with E-state index in [4.69, 9.17) is 5.73 Å². The summed E-state index contributed by atoms with van der Waals surface area (Å²) in [5.74, 6) is -0.000925. The molecule has 2 aromatic carbocycles. The molecule has 0 atom stereocenters. The zero-order valence-corrected chi connectivity index (χ0v) is 15.4. The molecule has 136 valence electrons. The first-order valence-electron chi connectivity index (χ1n) is 8.90. The Hall–Kier alpha value is -2.79. The van der Waals surface area contributed by atoms with Gasteiger partial charge in [0.25, 0.3) is 0 Å². The summed E-state index contributed by atoms with van der Waals surface area (Å²) in [6, 6.07) is 15.8. The lowest BCUT2D eigenvalue weighted by molar-refractivity contribution is -0.116. The predicted molar refractivity (Wildman–Crippen MR) is 108 cm³/mol. The third kappa shape index (κ3) is 4.43. The minimum Gasteiger partial charge on any atom is -0.399 e. The number of hydrogen-bond donors (Lipinski definition) is 2. The predicted octanol–water partition coefficient (Wildman–Crippen LogP) is 3.36. The van der Waals surface area contributed by atoms with Crippen molar-refractivity contribution in [3.63, 3.8) is 0 Å². The molecule has 1 aromatic heterocycles. The quantitative estimate of drug-likeness (QED) is 0.642. The fraction of sp³-hybridized carbons (Fsp3) is 0.286. The molecule has 0 fully saturated rings. The Labute approximate surface area is 154 Å². The number of carbonyl (C=O) groups excluding carboxylic acids is 1. The monoisotopic (exact) mass is 350 g/mol. The Balaban J connectivity index is 1.65. The first-order chi connectivity index (χ1) is 12.5. The average molecular weight is 350 g/mol. The van der Waals surface area contributed by atoms with E-state index in [-0.39, 0.29) is 5.91 Å². The van der Waals surface area contributed by atoms with E-state index < -0.39 is 0 Å². The van der Waals surface area contributed by atoms with Crippen LogP contribution in [0.25, 0.3) is 10.9 Å². The number of para-hydroxylation sites is 1. The van der Waals surface area contributed by atoms with Crippen molar-refractivity contribution in [1.82, 2.24) is 9.47 Å². The van der Waals surface area contributed by atoms with Gasteiger partial charge in [-0.25, -0.2) is 0 Å². The van der Waals surface area contributed by atoms with Crippen LogP contribution in [0.15, 0.2) is 54.7 Å². The summed E-state index contributed by atoms with van der Waals surface area (Å²) in [5.41, 5.74) is 9.65. The van der Waals surface area contributed by atoms with Crippen molar-refractivity contribution in [1.29, 1.82) is 0 Å². The third-order valence-corrected chi connectivity index (χ3v) is 4.52. The van der Waals surface area contributed by atoms with E-state index in [1.165, 1.54) is 5.39 Å². The zero-order valence-electron chi connectivity index (χ0n) is 15.4. The fourth-order valence-electron chi connectivity index (χ4n) is 3.00. The maximum absolute atomic E-state index is 12.3. The van der Waals surface area contributed by atoms with Crippen molar-refractivity contribution in [3.8, 4) is 0 Å². The van der Waals surface area contributed by atoms with Gasteiger partial charge in [-0.3, -0.25) is 4.79 Å². The summed E-state index contributed by atoms with van der Waals surface area (Å²) in [5, 5.41) is 4.18. The van der Waals surface area contributed by atoms with E-state index in [2.05, 4.69) is 41.1 Å². The molecule has 3 N–H and O–H groups in total. The molecule has 0 bridgehead atoms. The minimum absolute atomic E-state index is 0.000925. The van der Waals surface area contributed by atoms with Gasteiger partial charge in [-0.05, 0) is 55.7 Å². The van der Waals surface area contributed by atoms with Gasteiger partial charge in [-0.2, -0.15) is 0 Å². The first kappa shape index (κ1) is 18.0. The average Bonchev–Trinajstić information content (AvgIpc) is 3.01. The lowest BCUT2D eigenvalue weighted by Crippen LogP contribution is -2.18. The number of anilines is 2. The Morgan fingerprint density at radius 3 is 2.73 bits per heavy atom. The molecule has 1 heterocycles. The van der Waals surface area contributed by atoms with Crippen LogP contribution in [0.1, 0.15) is 12.0 Å². The van der Waals surface area contributed by atoms with Gasteiger partial charge in [0.05, 0.1) is 5.52 Å². The molecule has 0 radical (unpaired) electrons. The molecule has 3 aromatic rings. The van der Waals surface area contributed by atoms with Crippen LogP contribution in [0.3, 0.4) is 0 Å². The molecular weight excluding hydrogens is 324 g/mol. The van der Waals surface area contributed by atoms with Crippen LogP contribution in [-0.2, 0) is 17.8 Å². The molecule has 26 heavy (non-hydrogen) atoms. The van der Waals surface area contributed by atoms with Gasteiger partial charge in [0.15, 0.2) is 0 Å². The highest BCUT2D eigenvalue weighted by Crippen LogP contribution is 2.21. The van der Waals surface area contributed by atoms with Crippen LogP contribution in [-0.4, -0.2) is 36.0 Å². The summed E-state index contributed by atoms with van der Waals surface area (Å²) in [6.45, 7) is 1.89. The van der Waals surface area contributed by atoms with Crippen LogP contribution in [0.5, 0.6) is 0 Å². The molecular formula is C21H26N4O. The van der Waals surface area contributed by atoms with Gasteiger partial charge in [0, 0.05) is 37.1 Å². The van der Waals surface area contributed by atoms with Gasteiger partial charge < -0.3 is 20.5 Å². The van der Waals surface area contributed by atoms with E-state index in [1.807, 2.05) is 42.5 Å². The molecule has 0 aliphatic rings. The van der Waals surface area contributed by atoms with Crippen LogP contribution < -0.4 is 11.1 Å². The second-order valence-electron chi connectivity index (χ2n) is 6.83. The highest BCUT2D eigenvalue weighted by atomic mass is 16.1. The highest BCUT2D eigenvalue weighted by Gasteiger charge is 2.07. The van der Waals surface area contributed by atoms with E-state index in [9.17, 15) is 4.79 Å². The number of aryl methyl sites for hydroxylation is 1. The molecule has 1 amide bonds. The van der Waals surface area contributed by atoms with E-state index >= 15 is 0 Å². The van der Waals surface area contributed by atoms with Gasteiger partial charge in [-0.15, -0.1) is 0 Å². The smallest absolute Gasteiger partial charge is 0.224 e. The Morgan fingerprint density at radius 1 is 1.15 bits per heavy atom. The number of amides is 1. The number of nitrogens with two attached hydrogens (primary N) is 1. The Morgan fingerprint density at radius 2 is 1.96 bits per heavy atom. The number of nitrogens with one attached hydrogen (secondary N) is 1. The largest absolute Gasteiger partial charge is 0.399 e. The van der Waals surface area contributed by atoms with Crippen molar-refractivity contribution < 1.29 is 4.79 Å². The number of benzene rings is 2. The van der Waals surface area contributed by atoms with Crippen LogP contribution in [0.4, 0.5) is 11.4 Å². The van der Waals surface area contributed by atoms with Gasteiger partial charge >= 0.3 is 0 Å². The molecule has 0 saturated carbocycles. The molecule has 5 heteroatoms. The Kier molecular flexibility index (Phi) is 5.58. The van der Waals surface area contributed by atoms with Gasteiger partial charge in [0.2, 0.25) is 5.91 Å². The summed E-state index contributed by atoms with van der Waals surface area (Å²) >= 11 is 0. The molecule has 0 spiro atoms. The van der Waals surface area contributed by atoms with Crippen LogP contribution in [0.2, 0.25) is 0 Å². The SMILES string of the molecule is CN(C)CCn1ccc2ccc(NC(=O)CCc3ccccc3N)cc21. The highest BCUT2D eigenvalue weighted by molar-refractivity contribution is 5.94. The van der Waals surface area contributed by atoms with Crippen molar-refractivity contribution in [2.45, 2.75) is 19.4 Å². The number of rotatable bonds is 7. The number of hydrogen-bond acceptors (Lipinski definition) is 3. The molecule has 0 aliphatic heterocycles. The molecule has 5 nitrogen and oxygen atoms in total. The van der Waals surface area contributed by atoms with Crippen molar-refractivity contribution in [2.24, 2.45) is 0 Å². The van der Waals surface area contributed by atoms with E-state index in [0.717, 1.165) is 35.5 Å². The second kappa shape index (κ2) is 8.06. The number of nitrogens with zero attached hydrogens (tertiary/aromatic N) is 2. The van der Waals surface area contributed by atoms with Crippen LogP contribution in [0, 0.1) is 0 Å². The molecule has 0 unspecified atom stereocenters. The second-order valence-corrected chi connectivity index (χ2v) is 6.83. The number of carbonyl (C=O) groups is 1. The van der Waals surface area contributed by atoms with Crippen molar-refractivity contribution >= 4 is 28.2 Å². The summed E-state index contributed by atoms with van der Waals surface area (Å²) < 4.78 is 2.22. The maximum Gasteiger partial charge on any atom is 0.224 e. The van der Waals surface area contributed by atoms with Gasteiger partial charge in [0.1, 0.15) is 0 Å². The van der Waals surface area contributed by atoms with Crippen molar-refractivity contribution in [3.05, 3.63) is 60.3 Å². The fourth-order valence-corrected chi connectivity index (χ4v) is 3.00. The molecule has 0 saturated heterocycles. The maximum atomic E-state index is 12.3. The van der Waals surface area contributed by atoms with Crippen LogP contribution >= 0.6 is 0 Å². The van der Waals surface area contributed by atoms with E-state index in [1.54, 1.807) is 0 Å². The lowest BCUT2D eigenvalue weighted by atomic mass is 10.1. The van der Waals surface area contributed by atoms with Crippen molar-refractivity contribution in [2.75, 3.05) is 31.7 Å². The third-order valence-electron chi connectivity index (χ3n) is 4.52. The molecule has 3 rings (SSSR count). The Bertz CT molecular complexity index is 898.